The molecule has 1 N–H and O–H groups in total. The first kappa shape index (κ1) is 8.29. The van der Waals surface area contributed by atoms with Crippen LogP contribution in [0.4, 0.5) is 0 Å². The third-order valence-electron chi connectivity index (χ3n) is 1.83. The zero-order valence-electron chi connectivity index (χ0n) is 6.55. The minimum Gasteiger partial charge on any atom is -0.452 e. The molecule has 1 aromatic heterocycles. The third kappa shape index (κ3) is 1.88. The van der Waals surface area contributed by atoms with Crippen molar-refractivity contribution in [2.75, 3.05) is 13.1 Å². The van der Waals surface area contributed by atoms with E-state index in [0.29, 0.717) is 12.7 Å². The number of rotatable bonds is 3. The highest BCUT2D eigenvalue weighted by Gasteiger charge is 2.17. The van der Waals surface area contributed by atoms with Gasteiger partial charge < -0.3 is 14.5 Å². The fourth-order valence-corrected chi connectivity index (χ4v) is 1.35. The van der Waals surface area contributed by atoms with Crippen LogP contribution in [-0.2, 0) is 11.3 Å². The van der Waals surface area contributed by atoms with Crippen molar-refractivity contribution in [2.45, 2.75) is 12.7 Å². The first-order chi connectivity index (χ1) is 5.84. The average Bonchev–Trinajstić information content (AvgIpc) is 2.32. The van der Waals surface area contributed by atoms with E-state index < -0.39 is 0 Å². The molecule has 1 fully saturated rings. The molecule has 0 saturated carbocycles. The summed E-state index contributed by atoms with van der Waals surface area (Å²) < 4.78 is 11.5. The fraction of sp³-hybridized carbons (Fsp3) is 0.500. The average molecular weight is 232 g/mol. The van der Waals surface area contributed by atoms with Crippen LogP contribution in [0.25, 0.3) is 0 Å². The zero-order chi connectivity index (χ0) is 8.39. The number of nitrogens with one attached hydrogen (secondary N) is 1. The van der Waals surface area contributed by atoms with Crippen LogP contribution in [0.5, 0.6) is 0 Å². The summed E-state index contributed by atoms with van der Waals surface area (Å²) in [7, 11) is 0. The van der Waals surface area contributed by atoms with E-state index >= 15 is 0 Å². The second kappa shape index (κ2) is 3.60. The molecule has 0 spiro atoms. The van der Waals surface area contributed by atoms with Crippen molar-refractivity contribution in [2.24, 2.45) is 0 Å². The molecule has 2 rings (SSSR count). The molecule has 0 bridgehead atoms. The van der Waals surface area contributed by atoms with Gasteiger partial charge in [0.25, 0.3) is 0 Å². The molecule has 12 heavy (non-hydrogen) atoms. The Kier molecular flexibility index (Phi) is 2.48. The van der Waals surface area contributed by atoms with Gasteiger partial charge in [0.2, 0.25) is 0 Å². The van der Waals surface area contributed by atoms with Crippen molar-refractivity contribution in [1.29, 1.82) is 0 Å². The summed E-state index contributed by atoms with van der Waals surface area (Å²) in [6.45, 7) is 2.49. The van der Waals surface area contributed by atoms with Gasteiger partial charge >= 0.3 is 0 Å². The second-order valence-electron chi connectivity index (χ2n) is 2.80. The van der Waals surface area contributed by atoms with Gasteiger partial charge in [-0.25, -0.2) is 0 Å². The molecule has 2 heterocycles. The zero-order valence-corrected chi connectivity index (χ0v) is 8.13. The van der Waals surface area contributed by atoms with Gasteiger partial charge in [0, 0.05) is 13.1 Å². The van der Waals surface area contributed by atoms with Gasteiger partial charge in [-0.15, -0.1) is 0 Å². The van der Waals surface area contributed by atoms with Gasteiger partial charge in [0.05, 0.1) is 6.10 Å². The van der Waals surface area contributed by atoms with E-state index in [1.54, 1.807) is 0 Å². The van der Waals surface area contributed by atoms with E-state index in [0.717, 1.165) is 23.5 Å². The van der Waals surface area contributed by atoms with E-state index in [1.807, 2.05) is 12.1 Å². The van der Waals surface area contributed by atoms with Crippen molar-refractivity contribution in [3.63, 3.8) is 0 Å². The monoisotopic (exact) mass is 231 g/mol. The van der Waals surface area contributed by atoms with E-state index in [4.69, 9.17) is 9.15 Å². The fourth-order valence-electron chi connectivity index (χ4n) is 1.01. The van der Waals surface area contributed by atoms with Crippen LogP contribution in [0.1, 0.15) is 5.76 Å². The molecule has 0 radical (unpaired) electrons. The summed E-state index contributed by atoms with van der Waals surface area (Å²) in [6.07, 6.45) is 0.369. The Bertz CT molecular complexity index is 257. The normalized spacial score (nSPS) is 17.8. The molecule has 0 unspecified atom stereocenters. The summed E-state index contributed by atoms with van der Waals surface area (Å²) in [5, 5.41) is 3.14. The Morgan fingerprint density at radius 3 is 2.92 bits per heavy atom. The van der Waals surface area contributed by atoms with Crippen LogP contribution in [0.2, 0.25) is 0 Å². The van der Waals surface area contributed by atoms with Crippen molar-refractivity contribution in [3.05, 3.63) is 22.6 Å². The number of hydrogen-bond donors (Lipinski definition) is 1. The predicted octanol–water partition coefficient (Wildman–Crippen LogP) is 1.53. The summed E-state index contributed by atoms with van der Waals surface area (Å²) in [6, 6.07) is 3.79. The first-order valence-electron chi connectivity index (χ1n) is 3.91. The van der Waals surface area contributed by atoms with Gasteiger partial charge in [0.1, 0.15) is 12.4 Å². The molecule has 1 aliphatic rings. The number of ether oxygens (including phenoxy) is 1. The van der Waals surface area contributed by atoms with Crippen LogP contribution in [0, 0.1) is 0 Å². The highest BCUT2D eigenvalue weighted by Crippen LogP contribution is 2.15. The van der Waals surface area contributed by atoms with Gasteiger partial charge in [-0.1, -0.05) is 0 Å². The Labute approximate surface area is 79.2 Å². The smallest absolute Gasteiger partial charge is 0.169 e. The molecule has 4 heteroatoms. The molecule has 0 amide bonds. The van der Waals surface area contributed by atoms with E-state index in [1.165, 1.54) is 0 Å². The molecular formula is C8H10BrNO2. The highest BCUT2D eigenvalue weighted by atomic mass is 79.9. The van der Waals surface area contributed by atoms with Crippen LogP contribution in [0.15, 0.2) is 21.2 Å². The van der Waals surface area contributed by atoms with Gasteiger partial charge in [0.15, 0.2) is 4.67 Å². The Balaban J connectivity index is 1.79. The van der Waals surface area contributed by atoms with Gasteiger partial charge in [-0.3, -0.25) is 0 Å². The lowest BCUT2D eigenvalue weighted by Crippen LogP contribution is -2.48. The molecule has 1 aliphatic heterocycles. The molecule has 1 saturated heterocycles. The lowest BCUT2D eigenvalue weighted by atomic mass is 10.2. The SMILES string of the molecule is Brc1ccc(COC2CNC2)o1. The summed E-state index contributed by atoms with van der Waals surface area (Å²) >= 11 is 3.24. The topological polar surface area (TPSA) is 34.4 Å². The second-order valence-corrected chi connectivity index (χ2v) is 3.58. The molecule has 0 aliphatic carbocycles. The number of furan rings is 1. The quantitative estimate of drug-likeness (QED) is 0.858. The van der Waals surface area contributed by atoms with Crippen molar-refractivity contribution < 1.29 is 9.15 Å². The number of halogens is 1. The third-order valence-corrected chi connectivity index (χ3v) is 2.26. The van der Waals surface area contributed by atoms with Crippen molar-refractivity contribution >= 4 is 15.9 Å². The molecular weight excluding hydrogens is 222 g/mol. The maximum Gasteiger partial charge on any atom is 0.169 e. The molecule has 3 nitrogen and oxygen atoms in total. The largest absolute Gasteiger partial charge is 0.452 e. The Morgan fingerprint density at radius 2 is 2.42 bits per heavy atom. The summed E-state index contributed by atoms with van der Waals surface area (Å²) in [4.78, 5) is 0. The van der Waals surface area contributed by atoms with Crippen LogP contribution < -0.4 is 5.32 Å². The van der Waals surface area contributed by atoms with Crippen molar-refractivity contribution in [3.8, 4) is 0 Å². The van der Waals surface area contributed by atoms with E-state index in [9.17, 15) is 0 Å². The van der Waals surface area contributed by atoms with Crippen LogP contribution in [0.3, 0.4) is 0 Å². The minimum atomic E-state index is 0.369. The first-order valence-corrected chi connectivity index (χ1v) is 4.70. The molecule has 0 aromatic carbocycles. The maximum absolute atomic E-state index is 5.50. The number of hydrogen-bond acceptors (Lipinski definition) is 3. The predicted molar refractivity (Wildman–Crippen MR) is 47.9 cm³/mol. The summed E-state index contributed by atoms with van der Waals surface area (Å²) in [5.74, 6) is 0.869. The highest BCUT2D eigenvalue weighted by molar-refractivity contribution is 9.10. The maximum atomic E-state index is 5.50. The van der Waals surface area contributed by atoms with Crippen molar-refractivity contribution in [1.82, 2.24) is 5.32 Å². The molecule has 66 valence electrons. The van der Waals surface area contributed by atoms with Crippen LogP contribution >= 0.6 is 15.9 Å². The minimum absolute atomic E-state index is 0.369. The van der Waals surface area contributed by atoms with E-state index in [-0.39, 0.29) is 0 Å². The van der Waals surface area contributed by atoms with E-state index in [2.05, 4.69) is 21.2 Å². The van der Waals surface area contributed by atoms with Gasteiger partial charge in [-0.05, 0) is 28.1 Å². The van der Waals surface area contributed by atoms with Crippen LogP contribution in [-0.4, -0.2) is 19.2 Å². The standard InChI is InChI=1S/C8H10BrNO2/c9-8-2-1-6(12-8)5-11-7-3-10-4-7/h1-2,7,10H,3-5H2. The van der Waals surface area contributed by atoms with Gasteiger partial charge in [-0.2, -0.15) is 0 Å². The lowest BCUT2D eigenvalue weighted by Gasteiger charge is -2.26. The molecule has 1 aromatic rings. The Hall–Kier alpha value is -0.320. The Morgan fingerprint density at radius 1 is 1.58 bits per heavy atom. The summed E-state index contributed by atoms with van der Waals surface area (Å²) in [5.41, 5.74) is 0. The molecule has 0 atom stereocenters. The lowest BCUT2D eigenvalue weighted by molar-refractivity contribution is -0.000355.